The van der Waals surface area contributed by atoms with Gasteiger partial charge in [-0.05, 0) is 94.4 Å². The minimum Gasteiger partial charge on any atom is -0.356 e. The molecule has 232 valence electrons. The van der Waals surface area contributed by atoms with Crippen molar-refractivity contribution in [3.8, 4) is 22.6 Å². The van der Waals surface area contributed by atoms with E-state index < -0.39 is 17.6 Å². The van der Waals surface area contributed by atoms with Crippen LogP contribution in [0.1, 0.15) is 50.9 Å². The number of halogens is 3. The van der Waals surface area contributed by atoms with E-state index in [1.54, 1.807) is 55.1 Å². The Kier molecular flexibility index (Phi) is 9.10. The minimum atomic E-state index is -4.64. The summed E-state index contributed by atoms with van der Waals surface area (Å²) < 4.78 is 47.4. The summed E-state index contributed by atoms with van der Waals surface area (Å²) >= 11 is 0. The van der Waals surface area contributed by atoms with Crippen molar-refractivity contribution in [3.05, 3.63) is 113 Å². The molecule has 5 aromatic rings. The summed E-state index contributed by atoms with van der Waals surface area (Å²) in [7, 11) is 3.75. The first-order valence-electron chi connectivity index (χ1n) is 14.4. The molecule has 1 amide bonds. The van der Waals surface area contributed by atoms with Gasteiger partial charge in [-0.25, -0.2) is 9.97 Å². The summed E-state index contributed by atoms with van der Waals surface area (Å²) in [6.45, 7) is 5.73. The van der Waals surface area contributed by atoms with Crippen molar-refractivity contribution in [3.63, 3.8) is 0 Å². The molecule has 8 nitrogen and oxygen atoms in total. The zero-order chi connectivity index (χ0) is 32.3. The number of rotatable bonds is 9. The fraction of sp³-hybridized carbons (Fsp3) is 0.265. The molecule has 0 aliphatic carbocycles. The maximum atomic E-state index is 14.0. The number of carbonyl (C=O) groups is 1. The van der Waals surface area contributed by atoms with Gasteiger partial charge in [-0.2, -0.15) is 13.2 Å². The van der Waals surface area contributed by atoms with Crippen molar-refractivity contribution < 1.29 is 22.5 Å². The Hall–Kier alpha value is -4.90. The van der Waals surface area contributed by atoms with Crippen LogP contribution in [0.25, 0.3) is 22.6 Å². The van der Waals surface area contributed by atoms with Crippen LogP contribution in [0.4, 0.5) is 18.9 Å². The van der Waals surface area contributed by atoms with Gasteiger partial charge in [0.2, 0.25) is 0 Å². The van der Waals surface area contributed by atoms with Gasteiger partial charge < -0.3 is 14.7 Å². The number of alkyl halides is 3. The predicted molar refractivity (Wildman–Crippen MR) is 166 cm³/mol. The molecule has 3 aromatic heterocycles. The highest BCUT2D eigenvalue weighted by Gasteiger charge is 2.34. The van der Waals surface area contributed by atoms with Crippen LogP contribution in [0.5, 0.6) is 0 Å². The van der Waals surface area contributed by atoms with Crippen LogP contribution in [0.2, 0.25) is 0 Å². The number of pyridine rings is 1. The van der Waals surface area contributed by atoms with Crippen molar-refractivity contribution in [1.82, 2.24) is 25.0 Å². The quantitative estimate of drug-likeness (QED) is 0.188. The van der Waals surface area contributed by atoms with Crippen molar-refractivity contribution in [2.45, 2.75) is 45.8 Å². The van der Waals surface area contributed by atoms with Gasteiger partial charge in [-0.3, -0.25) is 9.78 Å². The number of amides is 1. The summed E-state index contributed by atoms with van der Waals surface area (Å²) in [5.41, 5.74) is 4.33. The SMILES string of the molecule is Cc1ccc(C(=O)Nc2ccc(CC(C)N(C)C)cc2C(F)(F)F)cc1Cc1nccc(-c2cncc(-c3oncc3C)c2)n1. The molecule has 0 radical (unpaired) electrons. The lowest BCUT2D eigenvalue weighted by molar-refractivity contribution is -0.137. The molecule has 0 spiro atoms. The van der Waals surface area contributed by atoms with Crippen LogP contribution >= 0.6 is 0 Å². The molecule has 0 bridgehead atoms. The highest BCUT2D eigenvalue weighted by molar-refractivity contribution is 6.05. The molecule has 0 aliphatic heterocycles. The molecule has 0 aliphatic rings. The molecule has 0 saturated heterocycles. The van der Waals surface area contributed by atoms with Crippen LogP contribution in [-0.2, 0) is 19.0 Å². The van der Waals surface area contributed by atoms with Crippen molar-refractivity contribution in [2.75, 3.05) is 19.4 Å². The molecule has 1 N–H and O–H groups in total. The fourth-order valence-corrected chi connectivity index (χ4v) is 4.87. The Balaban J connectivity index is 1.36. The van der Waals surface area contributed by atoms with Gasteiger partial charge in [0.25, 0.3) is 5.91 Å². The molecule has 1 atom stereocenters. The number of anilines is 1. The van der Waals surface area contributed by atoms with Gasteiger partial charge in [0.1, 0.15) is 5.82 Å². The fourth-order valence-electron chi connectivity index (χ4n) is 4.87. The summed E-state index contributed by atoms with van der Waals surface area (Å²) in [6, 6.07) is 12.8. The van der Waals surface area contributed by atoms with E-state index in [0.717, 1.165) is 33.9 Å². The smallest absolute Gasteiger partial charge is 0.356 e. The van der Waals surface area contributed by atoms with Crippen molar-refractivity contribution in [2.24, 2.45) is 0 Å². The number of hydrogen-bond acceptors (Lipinski definition) is 7. The molecule has 11 heteroatoms. The number of benzene rings is 2. The standard InChI is InChI=1S/C34H33F3N6O2/c1-20-6-8-24(33(44)42-30-9-7-23(12-22(3)43(4)5)13-28(30)34(35,36)37)14-25(20)16-31-39-11-10-29(41-31)26-15-27(19-38-18-26)32-21(2)17-40-45-32/h6-11,13-15,17-19,22H,12,16H2,1-5H3,(H,42,44). The summed E-state index contributed by atoms with van der Waals surface area (Å²) in [4.78, 5) is 28.6. The summed E-state index contributed by atoms with van der Waals surface area (Å²) in [6.07, 6.45) is 2.79. The van der Waals surface area contributed by atoms with Crippen LogP contribution in [0.15, 0.2) is 77.8 Å². The van der Waals surface area contributed by atoms with E-state index in [2.05, 4.69) is 20.4 Å². The van der Waals surface area contributed by atoms with Crippen LogP contribution in [0.3, 0.4) is 0 Å². The van der Waals surface area contributed by atoms with E-state index in [-0.39, 0.29) is 17.3 Å². The Morgan fingerprint density at radius 2 is 1.76 bits per heavy atom. The average Bonchev–Trinajstić information content (AvgIpc) is 3.44. The maximum absolute atomic E-state index is 14.0. The number of nitrogens with zero attached hydrogens (tertiary/aromatic N) is 5. The van der Waals surface area contributed by atoms with E-state index in [4.69, 9.17) is 9.51 Å². The maximum Gasteiger partial charge on any atom is 0.418 e. The molecule has 0 fully saturated rings. The van der Waals surface area contributed by atoms with E-state index >= 15 is 0 Å². The van der Waals surface area contributed by atoms with Gasteiger partial charge in [0, 0.05) is 53.3 Å². The Morgan fingerprint density at radius 3 is 2.47 bits per heavy atom. The summed E-state index contributed by atoms with van der Waals surface area (Å²) in [5, 5.41) is 6.32. The van der Waals surface area contributed by atoms with Gasteiger partial charge >= 0.3 is 6.18 Å². The van der Waals surface area contributed by atoms with Crippen molar-refractivity contribution in [1.29, 1.82) is 0 Å². The molecular weight excluding hydrogens is 581 g/mol. The zero-order valence-electron chi connectivity index (χ0n) is 25.6. The lowest BCUT2D eigenvalue weighted by Gasteiger charge is -2.21. The van der Waals surface area contributed by atoms with E-state index in [1.807, 2.05) is 45.8 Å². The first-order valence-corrected chi connectivity index (χ1v) is 14.4. The molecule has 45 heavy (non-hydrogen) atoms. The molecular formula is C34H33F3N6O2. The van der Waals surface area contributed by atoms with Gasteiger partial charge in [0.15, 0.2) is 5.76 Å². The molecule has 1 unspecified atom stereocenters. The number of hydrogen-bond donors (Lipinski definition) is 1. The van der Waals surface area contributed by atoms with E-state index in [9.17, 15) is 18.0 Å². The largest absolute Gasteiger partial charge is 0.418 e. The molecule has 5 rings (SSSR count). The lowest BCUT2D eigenvalue weighted by atomic mass is 10.00. The second-order valence-electron chi connectivity index (χ2n) is 11.3. The van der Waals surface area contributed by atoms with Crippen LogP contribution < -0.4 is 5.32 Å². The van der Waals surface area contributed by atoms with Gasteiger partial charge in [0.05, 0.1) is 23.1 Å². The average molecular weight is 615 g/mol. The number of carbonyl (C=O) groups excluding carboxylic acids is 1. The number of aromatic nitrogens is 4. The third kappa shape index (κ3) is 7.43. The third-order valence-electron chi connectivity index (χ3n) is 7.76. The number of nitrogens with one attached hydrogen (secondary N) is 1. The lowest BCUT2D eigenvalue weighted by Crippen LogP contribution is -2.27. The molecule has 2 aromatic carbocycles. The van der Waals surface area contributed by atoms with Crippen LogP contribution in [-0.4, -0.2) is 51.1 Å². The second kappa shape index (κ2) is 13.0. The normalized spacial score (nSPS) is 12.4. The monoisotopic (exact) mass is 614 g/mol. The van der Waals surface area contributed by atoms with E-state index in [1.165, 1.54) is 6.07 Å². The predicted octanol–water partition coefficient (Wildman–Crippen LogP) is 7.16. The first-order chi connectivity index (χ1) is 21.4. The number of likely N-dealkylation sites (N-methyl/N-ethyl adjacent to an activating group) is 1. The van der Waals surface area contributed by atoms with Crippen LogP contribution in [0, 0.1) is 13.8 Å². The molecule has 0 saturated carbocycles. The molecule has 3 heterocycles. The van der Waals surface area contributed by atoms with Gasteiger partial charge in [-0.1, -0.05) is 17.3 Å². The Morgan fingerprint density at radius 1 is 0.978 bits per heavy atom. The van der Waals surface area contributed by atoms with Crippen molar-refractivity contribution >= 4 is 11.6 Å². The van der Waals surface area contributed by atoms with Gasteiger partial charge in [-0.15, -0.1) is 0 Å². The van der Waals surface area contributed by atoms with E-state index in [0.29, 0.717) is 35.7 Å². The minimum absolute atomic E-state index is 0.0487. The second-order valence-corrected chi connectivity index (χ2v) is 11.3. The highest BCUT2D eigenvalue weighted by Crippen LogP contribution is 2.36. The third-order valence-corrected chi connectivity index (χ3v) is 7.76. The zero-order valence-corrected chi connectivity index (χ0v) is 25.6. The first kappa shape index (κ1) is 31.5. The highest BCUT2D eigenvalue weighted by atomic mass is 19.4. The number of aryl methyl sites for hydroxylation is 2. The Bertz CT molecular complexity index is 1830. The topological polar surface area (TPSA) is 97.0 Å². The summed E-state index contributed by atoms with van der Waals surface area (Å²) in [5.74, 6) is 0.495. The Labute approximate surface area is 259 Å².